The molecule has 0 fully saturated rings. The lowest BCUT2D eigenvalue weighted by atomic mass is 10.2. The fourth-order valence-corrected chi connectivity index (χ4v) is 0.889. The molecule has 0 saturated heterocycles. The predicted molar refractivity (Wildman–Crippen MR) is 56.3 cm³/mol. The highest BCUT2D eigenvalue weighted by atomic mass is 127. The van der Waals surface area contributed by atoms with Crippen molar-refractivity contribution >= 4 is 47.2 Å². The maximum absolute atomic E-state index is 5.57. The summed E-state index contributed by atoms with van der Waals surface area (Å²) < 4.78 is 0. The largest absolute Gasteiger partial charge is 0.132 e. The molecule has 0 atom stereocenters. The van der Waals surface area contributed by atoms with Gasteiger partial charge in [0.25, 0.3) is 0 Å². The first-order valence-electron chi connectivity index (χ1n) is 2.64. The zero-order valence-electron chi connectivity index (χ0n) is 5.13. The van der Waals surface area contributed by atoms with Gasteiger partial charge in [-0.2, -0.15) is 0 Å². The standard InChI is InChI=1S/C7H6Cl2.HI/c8-7(9)6-4-2-1-3-5-6;/h1-5,7H;1H. The molecule has 0 nitrogen and oxygen atoms in total. The minimum absolute atomic E-state index is 0. The molecule has 1 aromatic carbocycles. The second-order valence-corrected chi connectivity index (χ2v) is 2.81. The van der Waals surface area contributed by atoms with E-state index in [0.717, 1.165) is 5.56 Å². The summed E-state index contributed by atoms with van der Waals surface area (Å²) in [5, 5.41) is 0. The van der Waals surface area contributed by atoms with Crippen molar-refractivity contribution in [3.63, 3.8) is 0 Å². The first-order valence-corrected chi connectivity index (χ1v) is 3.51. The summed E-state index contributed by atoms with van der Waals surface area (Å²) in [4.78, 5) is -0.397. The molecule has 3 heteroatoms. The summed E-state index contributed by atoms with van der Waals surface area (Å²) in [6.45, 7) is 0. The molecule has 0 aliphatic heterocycles. The molecule has 0 N–H and O–H groups in total. The molecule has 0 aliphatic carbocycles. The minimum atomic E-state index is -0.397. The summed E-state index contributed by atoms with van der Waals surface area (Å²) in [6, 6.07) is 9.54. The van der Waals surface area contributed by atoms with Crippen LogP contribution in [0.25, 0.3) is 0 Å². The molecule has 0 heterocycles. The van der Waals surface area contributed by atoms with E-state index in [9.17, 15) is 0 Å². The van der Waals surface area contributed by atoms with Crippen LogP contribution in [0.3, 0.4) is 0 Å². The van der Waals surface area contributed by atoms with Gasteiger partial charge in [0.05, 0.1) is 0 Å². The summed E-state index contributed by atoms with van der Waals surface area (Å²) in [7, 11) is 0. The van der Waals surface area contributed by atoms with Crippen molar-refractivity contribution < 1.29 is 0 Å². The molecule has 10 heavy (non-hydrogen) atoms. The van der Waals surface area contributed by atoms with Crippen LogP contribution in [0.1, 0.15) is 10.4 Å². The van der Waals surface area contributed by atoms with Gasteiger partial charge in [-0.3, -0.25) is 0 Å². The fourth-order valence-electron chi connectivity index (χ4n) is 0.599. The number of benzene rings is 1. The lowest BCUT2D eigenvalue weighted by Gasteiger charge is -1.97. The van der Waals surface area contributed by atoms with Crippen LogP contribution in [0.15, 0.2) is 30.3 Å². The second kappa shape index (κ2) is 5.22. The van der Waals surface area contributed by atoms with Gasteiger partial charge in [0.15, 0.2) is 0 Å². The zero-order chi connectivity index (χ0) is 6.69. The number of alkyl halides is 2. The SMILES string of the molecule is ClC(Cl)c1ccccc1.I. The fraction of sp³-hybridized carbons (Fsp3) is 0.143. The monoisotopic (exact) mass is 288 g/mol. The average Bonchev–Trinajstić information content (AvgIpc) is 1.90. The lowest BCUT2D eigenvalue weighted by Crippen LogP contribution is -1.76. The van der Waals surface area contributed by atoms with Gasteiger partial charge < -0.3 is 0 Å². The van der Waals surface area contributed by atoms with E-state index >= 15 is 0 Å². The van der Waals surface area contributed by atoms with E-state index < -0.39 is 4.84 Å². The molecule has 1 rings (SSSR count). The minimum Gasteiger partial charge on any atom is -0.107 e. The summed E-state index contributed by atoms with van der Waals surface area (Å²) in [6.07, 6.45) is 0. The molecule has 1 aromatic rings. The molecule has 0 bridgehead atoms. The lowest BCUT2D eigenvalue weighted by molar-refractivity contribution is 1.35. The van der Waals surface area contributed by atoms with Crippen LogP contribution < -0.4 is 0 Å². The van der Waals surface area contributed by atoms with Gasteiger partial charge >= 0.3 is 0 Å². The number of rotatable bonds is 1. The highest BCUT2D eigenvalue weighted by Crippen LogP contribution is 2.23. The molecule has 0 unspecified atom stereocenters. The smallest absolute Gasteiger partial charge is 0.107 e. The van der Waals surface area contributed by atoms with Crippen molar-refractivity contribution in [2.75, 3.05) is 0 Å². The van der Waals surface area contributed by atoms with Crippen molar-refractivity contribution in [3.8, 4) is 0 Å². The van der Waals surface area contributed by atoms with Crippen molar-refractivity contribution in [3.05, 3.63) is 35.9 Å². The van der Waals surface area contributed by atoms with Gasteiger partial charge in [0.2, 0.25) is 0 Å². The van der Waals surface area contributed by atoms with E-state index in [1.165, 1.54) is 0 Å². The van der Waals surface area contributed by atoms with E-state index in [0.29, 0.717) is 0 Å². The third kappa shape index (κ3) is 3.08. The Morgan fingerprint density at radius 2 is 1.50 bits per heavy atom. The Morgan fingerprint density at radius 1 is 1.00 bits per heavy atom. The molecular formula is C7H7Cl2I. The van der Waals surface area contributed by atoms with Crippen molar-refractivity contribution in [1.29, 1.82) is 0 Å². The van der Waals surface area contributed by atoms with Gasteiger partial charge in [0, 0.05) is 0 Å². The maximum atomic E-state index is 5.57. The first-order chi connectivity index (χ1) is 4.30. The Labute approximate surface area is 87.5 Å². The molecule has 0 aromatic heterocycles. The van der Waals surface area contributed by atoms with Gasteiger partial charge in [-0.05, 0) is 5.56 Å². The predicted octanol–water partition coefficient (Wildman–Crippen LogP) is 3.78. The van der Waals surface area contributed by atoms with E-state index in [1.54, 1.807) is 0 Å². The molecule has 0 aliphatic rings. The van der Waals surface area contributed by atoms with Crippen LogP contribution >= 0.6 is 47.2 Å². The maximum Gasteiger partial charge on any atom is 0.132 e. The molecule has 0 spiro atoms. The Hall–Kier alpha value is 0.530. The van der Waals surface area contributed by atoms with Crippen molar-refractivity contribution in [2.45, 2.75) is 4.84 Å². The third-order valence-corrected chi connectivity index (χ3v) is 1.56. The highest BCUT2D eigenvalue weighted by molar-refractivity contribution is 14.0. The quantitative estimate of drug-likeness (QED) is 0.545. The van der Waals surface area contributed by atoms with Gasteiger partial charge in [0.1, 0.15) is 4.84 Å². The van der Waals surface area contributed by atoms with Crippen molar-refractivity contribution in [1.82, 2.24) is 0 Å². The van der Waals surface area contributed by atoms with Crippen LogP contribution in [-0.4, -0.2) is 0 Å². The van der Waals surface area contributed by atoms with E-state index in [4.69, 9.17) is 23.2 Å². The number of hydrogen-bond acceptors (Lipinski definition) is 0. The first kappa shape index (κ1) is 10.5. The van der Waals surface area contributed by atoms with Gasteiger partial charge in [-0.15, -0.1) is 47.2 Å². The molecule has 0 saturated carbocycles. The van der Waals surface area contributed by atoms with Gasteiger partial charge in [-0.1, -0.05) is 30.3 Å². The van der Waals surface area contributed by atoms with E-state index in [2.05, 4.69) is 0 Å². The summed E-state index contributed by atoms with van der Waals surface area (Å²) in [5.74, 6) is 0. The van der Waals surface area contributed by atoms with Crippen LogP contribution in [-0.2, 0) is 0 Å². The Bertz CT molecular complexity index is 174. The Morgan fingerprint density at radius 3 is 1.80 bits per heavy atom. The number of hydrogen-bond donors (Lipinski definition) is 0. The molecule has 0 radical (unpaired) electrons. The Kier molecular flexibility index (Phi) is 5.49. The summed E-state index contributed by atoms with van der Waals surface area (Å²) >= 11 is 11.1. The molecule has 56 valence electrons. The zero-order valence-corrected chi connectivity index (χ0v) is 8.97. The van der Waals surface area contributed by atoms with Crippen LogP contribution in [0.5, 0.6) is 0 Å². The Balaban J connectivity index is 0.000000810. The third-order valence-electron chi connectivity index (χ3n) is 1.05. The molecule has 0 amide bonds. The van der Waals surface area contributed by atoms with E-state index in [-0.39, 0.29) is 24.0 Å². The highest BCUT2D eigenvalue weighted by Gasteiger charge is 1.98. The van der Waals surface area contributed by atoms with Crippen LogP contribution in [0, 0.1) is 0 Å². The van der Waals surface area contributed by atoms with Crippen molar-refractivity contribution in [2.24, 2.45) is 0 Å². The van der Waals surface area contributed by atoms with Crippen LogP contribution in [0.2, 0.25) is 0 Å². The average molecular weight is 289 g/mol. The topological polar surface area (TPSA) is 0 Å². The van der Waals surface area contributed by atoms with Gasteiger partial charge in [-0.25, -0.2) is 0 Å². The number of halogens is 3. The molecular weight excluding hydrogens is 282 g/mol. The normalized spacial score (nSPS) is 9.10. The second-order valence-electron chi connectivity index (χ2n) is 1.71. The van der Waals surface area contributed by atoms with E-state index in [1.807, 2.05) is 30.3 Å². The van der Waals surface area contributed by atoms with Crippen LogP contribution in [0.4, 0.5) is 0 Å². The summed E-state index contributed by atoms with van der Waals surface area (Å²) in [5.41, 5.74) is 0.945.